The van der Waals surface area contributed by atoms with Crippen LogP contribution in [0.3, 0.4) is 0 Å². The minimum Gasteiger partial charge on any atom is -0.325 e. The summed E-state index contributed by atoms with van der Waals surface area (Å²) >= 11 is 1.59. The summed E-state index contributed by atoms with van der Waals surface area (Å²) in [6.45, 7) is 1.05. The standard InChI is InChI=1S/C10H14N2OS/c13-10(6-8-2-1-4-11-8)12-9-3-5-14-7-9/h3,5,7-8,11H,1-2,4,6H2,(H,12,13). The Kier molecular flexibility index (Phi) is 3.16. The van der Waals surface area contributed by atoms with Gasteiger partial charge in [0.05, 0.1) is 5.69 Å². The molecule has 1 saturated heterocycles. The SMILES string of the molecule is O=C(CC1CCCN1)Nc1ccsc1. The third-order valence-electron chi connectivity index (χ3n) is 2.40. The van der Waals surface area contributed by atoms with E-state index < -0.39 is 0 Å². The molecular formula is C10H14N2OS. The molecule has 1 aromatic rings. The second-order valence-corrected chi connectivity index (χ2v) is 4.34. The minimum atomic E-state index is 0.114. The number of hydrogen-bond acceptors (Lipinski definition) is 3. The van der Waals surface area contributed by atoms with Crippen LogP contribution in [0.2, 0.25) is 0 Å². The first-order valence-corrected chi connectivity index (χ1v) is 5.84. The lowest BCUT2D eigenvalue weighted by molar-refractivity contribution is -0.116. The third kappa shape index (κ3) is 2.56. The fourth-order valence-corrected chi connectivity index (χ4v) is 2.29. The van der Waals surface area contributed by atoms with Gasteiger partial charge < -0.3 is 10.6 Å². The molecule has 14 heavy (non-hydrogen) atoms. The van der Waals surface area contributed by atoms with Gasteiger partial charge in [-0.25, -0.2) is 0 Å². The van der Waals surface area contributed by atoms with Crippen molar-refractivity contribution in [2.24, 2.45) is 0 Å². The van der Waals surface area contributed by atoms with E-state index in [1.807, 2.05) is 16.8 Å². The molecular weight excluding hydrogens is 196 g/mol. The molecule has 1 aromatic heterocycles. The quantitative estimate of drug-likeness (QED) is 0.799. The molecule has 0 aliphatic carbocycles. The number of anilines is 1. The molecule has 2 N–H and O–H groups in total. The molecule has 2 heterocycles. The van der Waals surface area contributed by atoms with E-state index in [1.165, 1.54) is 6.42 Å². The van der Waals surface area contributed by atoms with Gasteiger partial charge in [-0.1, -0.05) is 0 Å². The molecule has 76 valence electrons. The van der Waals surface area contributed by atoms with Crippen molar-refractivity contribution in [2.45, 2.75) is 25.3 Å². The highest BCUT2D eigenvalue weighted by atomic mass is 32.1. The van der Waals surface area contributed by atoms with Crippen molar-refractivity contribution < 1.29 is 4.79 Å². The Hall–Kier alpha value is -0.870. The predicted octanol–water partition coefficient (Wildman–Crippen LogP) is 1.83. The van der Waals surface area contributed by atoms with E-state index in [1.54, 1.807) is 11.3 Å². The second-order valence-electron chi connectivity index (χ2n) is 3.56. The van der Waals surface area contributed by atoms with Crippen LogP contribution in [-0.2, 0) is 4.79 Å². The first-order chi connectivity index (χ1) is 6.84. The number of carbonyl (C=O) groups excluding carboxylic acids is 1. The van der Waals surface area contributed by atoms with Crippen LogP contribution in [0, 0.1) is 0 Å². The highest BCUT2D eigenvalue weighted by molar-refractivity contribution is 7.08. The molecule has 1 aliphatic rings. The number of hydrogen-bond donors (Lipinski definition) is 2. The molecule has 1 fully saturated rings. The smallest absolute Gasteiger partial charge is 0.225 e. The summed E-state index contributed by atoms with van der Waals surface area (Å²) in [4.78, 5) is 11.5. The van der Waals surface area contributed by atoms with Gasteiger partial charge in [0.15, 0.2) is 0 Å². The van der Waals surface area contributed by atoms with Crippen LogP contribution < -0.4 is 10.6 Å². The summed E-state index contributed by atoms with van der Waals surface area (Å²) in [5.74, 6) is 0.114. The molecule has 0 radical (unpaired) electrons. The van der Waals surface area contributed by atoms with Crippen LogP contribution in [-0.4, -0.2) is 18.5 Å². The number of amides is 1. The van der Waals surface area contributed by atoms with E-state index in [-0.39, 0.29) is 5.91 Å². The number of carbonyl (C=O) groups is 1. The molecule has 2 rings (SSSR count). The molecule has 3 nitrogen and oxygen atoms in total. The van der Waals surface area contributed by atoms with Gasteiger partial charge >= 0.3 is 0 Å². The zero-order valence-electron chi connectivity index (χ0n) is 7.95. The third-order valence-corrected chi connectivity index (χ3v) is 3.08. The first-order valence-electron chi connectivity index (χ1n) is 4.90. The van der Waals surface area contributed by atoms with Crippen molar-refractivity contribution in [3.63, 3.8) is 0 Å². The van der Waals surface area contributed by atoms with Crippen LogP contribution in [0.25, 0.3) is 0 Å². The van der Waals surface area contributed by atoms with E-state index in [0.29, 0.717) is 12.5 Å². The van der Waals surface area contributed by atoms with Crippen LogP contribution in [0.15, 0.2) is 16.8 Å². The van der Waals surface area contributed by atoms with Crippen molar-refractivity contribution in [3.05, 3.63) is 16.8 Å². The summed E-state index contributed by atoms with van der Waals surface area (Å²) in [5, 5.41) is 10.1. The van der Waals surface area contributed by atoms with Crippen LogP contribution >= 0.6 is 11.3 Å². The molecule has 1 atom stereocenters. The maximum atomic E-state index is 11.5. The summed E-state index contributed by atoms with van der Waals surface area (Å²) in [7, 11) is 0. The molecule has 1 unspecified atom stereocenters. The van der Waals surface area contributed by atoms with Crippen molar-refractivity contribution >= 4 is 22.9 Å². The van der Waals surface area contributed by atoms with Gasteiger partial charge in [0, 0.05) is 17.8 Å². The monoisotopic (exact) mass is 210 g/mol. The molecule has 0 aromatic carbocycles. The molecule has 1 aliphatic heterocycles. The van der Waals surface area contributed by atoms with Crippen molar-refractivity contribution in [1.29, 1.82) is 0 Å². The van der Waals surface area contributed by atoms with Crippen molar-refractivity contribution in [2.75, 3.05) is 11.9 Å². The van der Waals surface area contributed by atoms with Gasteiger partial charge in [-0.3, -0.25) is 4.79 Å². The van der Waals surface area contributed by atoms with E-state index in [2.05, 4.69) is 10.6 Å². The average Bonchev–Trinajstić information content (AvgIpc) is 2.76. The van der Waals surface area contributed by atoms with Crippen LogP contribution in [0.5, 0.6) is 0 Å². The fourth-order valence-electron chi connectivity index (χ4n) is 1.70. The second kappa shape index (κ2) is 4.57. The molecule has 1 amide bonds. The largest absolute Gasteiger partial charge is 0.325 e. The lowest BCUT2D eigenvalue weighted by Crippen LogP contribution is -2.27. The normalized spacial score (nSPS) is 21.0. The van der Waals surface area contributed by atoms with Gasteiger partial charge in [-0.05, 0) is 30.8 Å². The first kappa shape index (κ1) is 9.68. The topological polar surface area (TPSA) is 41.1 Å². The Bertz CT molecular complexity index is 291. The fraction of sp³-hybridized carbons (Fsp3) is 0.500. The summed E-state index contributed by atoms with van der Waals surface area (Å²) in [6.07, 6.45) is 2.91. The van der Waals surface area contributed by atoms with E-state index in [0.717, 1.165) is 18.7 Å². The highest BCUT2D eigenvalue weighted by Gasteiger charge is 2.17. The van der Waals surface area contributed by atoms with Crippen molar-refractivity contribution in [1.82, 2.24) is 5.32 Å². The number of nitrogens with one attached hydrogen (secondary N) is 2. The Morgan fingerprint density at radius 3 is 3.29 bits per heavy atom. The zero-order chi connectivity index (χ0) is 9.80. The van der Waals surface area contributed by atoms with E-state index >= 15 is 0 Å². The van der Waals surface area contributed by atoms with Crippen molar-refractivity contribution in [3.8, 4) is 0 Å². The van der Waals surface area contributed by atoms with Crippen LogP contribution in [0.4, 0.5) is 5.69 Å². The lowest BCUT2D eigenvalue weighted by atomic mass is 10.1. The minimum absolute atomic E-state index is 0.114. The van der Waals surface area contributed by atoms with Crippen LogP contribution in [0.1, 0.15) is 19.3 Å². The Labute approximate surface area is 87.5 Å². The predicted molar refractivity (Wildman–Crippen MR) is 58.6 cm³/mol. The zero-order valence-corrected chi connectivity index (χ0v) is 8.77. The Morgan fingerprint density at radius 2 is 2.64 bits per heavy atom. The van der Waals surface area contributed by atoms with Gasteiger partial charge in [0.25, 0.3) is 0 Å². The summed E-state index contributed by atoms with van der Waals surface area (Å²) in [6, 6.07) is 2.30. The summed E-state index contributed by atoms with van der Waals surface area (Å²) < 4.78 is 0. The molecule has 0 spiro atoms. The highest BCUT2D eigenvalue weighted by Crippen LogP contribution is 2.14. The molecule has 4 heteroatoms. The molecule has 0 bridgehead atoms. The average molecular weight is 210 g/mol. The number of thiophene rings is 1. The lowest BCUT2D eigenvalue weighted by Gasteiger charge is -2.09. The summed E-state index contributed by atoms with van der Waals surface area (Å²) in [5.41, 5.74) is 0.915. The maximum absolute atomic E-state index is 11.5. The number of rotatable bonds is 3. The van der Waals surface area contributed by atoms with Gasteiger partial charge in [0.1, 0.15) is 0 Å². The van der Waals surface area contributed by atoms with Gasteiger partial charge in [0.2, 0.25) is 5.91 Å². The van der Waals surface area contributed by atoms with E-state index in [4.69, 9.17) is 0 Å². The van der Waals surface area contributed by atoms with Gasteiger partial charge in [-0.15, -0.1) is 0 Å². The maximum Gasteiger partial charge on any atom is 0.225 e. The van der Waals surface area contributed by atoms with Gasteiger partial charge in [-0.2, -0.15) is 11.3 Å². The van der Waals surface area contributed by atoms with E-state index in [9.17, 15) is 4.79 Å². The Balaban J connectivity index is 1.78. The Morgan fingerprint density at radius 1 is 1.71 bits per heavy atom. The molecule has 0 saturated carbocycles.